The fourth-order valence-corrected chi connectivity index (χ4v) is 3.91. The lowest BCUT2D eigenvalue weighted by Crippen LogP contribution is -2.38. The Morgan fingerprint density at radius 2 is 1.61 bits per heavy atom. The highest BCUT2D eigenvalue weighted by molar-refractivity contribution is 6.01. The van der Waals surface area contributed by atoms with Crippen LogP contribution in [-0.2, 0) is 6.54 Å². The Kier molecular flexibility index (Phi) is 4.88. The number of carbonyl (C=O) groups is 1. The van der Waals surface area contributed by atoms with Gasteiger partial charge in [-0.05, 0) is 29.8 Å². The highest BCUT2D eigenvalue weighted by Gasteiger charge is 2.29. The molecule has 6 nitrogen and oxygen atoms in total. The number of carbonyl (C=O) groups excluding carboxylic acids is 1. The molecule has 3 aromatic carbocycles. The van der Waals surface area contributed by atoms with Gasteiger partial charge in [-0.1, -0.05) is 54.6 Å². The van der Waals surface area contributed by atoms with Crippen molar-refractivity contribution in [3.8, 4) is 17.0 Å². The number of nitrogens with zero attached hydrogens (tertiary/aromatic N) is 2. The number of amides is 1. The van der Waals surface area contributed by atoms with Gasteiger partial charge in [0.25, 0.3) is 5.91 Å². The number of fused-ring (bicyclic) bond motifs is 1. The number of ether oxygens (including phenoxy) is 1. The van der Waals surface area contributed by atoms with Crippen molar-refractivity contribution in [2.45, 2.75) is 12.7 Å². The molecular formula is C25H22N4O2. The van der Waals surface area contributed by atoms with Crippen LogP contribution in [0.2, 0.25) is 0 Å². The summed E-state index contributed by atoms with van der Waals surface area (Å²) < 4.78 is 7.49. The molecule has 5 rings (SSSR count). The van der Waals surface area contributed by atoms with E-state index in [9.17, 15) is 4.79 Å². The summed E-state index contributed by atoms with van der Waals surface area (Å²) in [6, 6.07) is 25.5. The van der Waals surface area contributed by atoms with Crippen molar-refractivity contribution in [1.82, 2.24) is 15.1 Å². The zero-order valence-electron chi connectivity index (χ0n) is 17.1. The Morgan fingerprint density at radius 1 is 0.903 bits per heavy atom. The molecule has 2 heterocycles. The first-order valence-corrected chi connectivity index (χ1v) is 10.1. The van der Waals surface area contributed by atoms with E-state index in [1.54, 1.807) is 7.11 Å². The number of hydrogen-bond donors (Lipinski definition) is 2. The minimum Gasteiger partial charge on any atom is -0.496 e. The number of rotatable bonds is 5. The lowest BCUT2D eigenvalue weighted by atomic mass is 10.0. The zero-order valence-corrected chi connectivity index (χ0v) is 17.1. The number of para-hydroxylation sites is 2. The monoisotopic (exact) mass is 410 g/mol. The molecule has 0 spiro atoms. The summed E-state index contributed by atoms with van der Waals surface area (Å²) in [5, 5.41) is 11.4. The summed E-state index contributed by atoms with van der Waals surface area (Å²) in [5.41, 5.74) is 5.11. The molecule has 0 saturated heterocycles. The van der Waals surface area contributed by atoms with Crippen LogP contribution in [0.4, 0.5) is 5.69 Å². The van der Waals surface area contributed by atoms with E-state index in [4.69, 9.17) is 9.84 Å². The van der Waals surface area contributed by atoms with E-state index < -0.39 is 6.17 Å². The summed E-state index contributed by atoms with van der Waals surface area (Å²) in [6.07, 6.45) is 1.58. The Labute approximate surface area is 180 Å². The van der Waals surface area contributed by atoms with E-state index in [1.165, 1.54) is 0 Å². The first-order valence-electron chi connectivity index (χ1n) is 10.1. The van der Waals surface area contributed by atoms with Crippen LogP contribution < -0.4 is 15.4 Å². The van der Waals surface area contributed by atoms with Crippen LogP contribution in [0.1, 0.15) is 27.7 Å². The van der Waals surface area contributed by atoms with Crippen LogP contribution in [0.5, 0.6) is 5.75 Å². The number of aromatic nitrogens is 2. The molecule has 0 radical (unpaired) electrons. The minimum absolute atomic E-state index is 0.110. The number of anilines is 1. The highest BCUT2D eigenvalue weighted by Crippen LogP contribution is 2.36. The van der Waals surface area contributed by atoms with E-state index in [0.29, 0.717) is 12.1 Å². The first-order chi connectivity index (χ1) is 15.2. The van der Waals surface area contributed by atoms with Crippen LogP contribution in [0.3, 0.4) is 0 Å². The smallest absolute Gasteiger partial charge is 0.255 e. The molecule has 0 saturated carbocycles. The molecule has 0 bridgehead atoms. The molecule has 1 aliphatic heterocycles. The Bertz CT molecular complexity index is 1230. The third kappa shape index (κ3) is 3.64. The molecule has 0 fully saturated rings. The van der Waals surface area contributed by atoms with Gasteiger partial charge < -0.3 is 15.4 Å². The van der Waals surface area contributed by atoms with Crippen LogP contribution in [-0.4, -0.2) is 22.8 Å². The molecule has 31 heavy (non-hydrogen) atoms. The van der Waals surface area contributed by atoms with Gasteiger partial charge in [0.1, 0.15) is 17.6 Å². The largest absolute Gasteiger partial charge is 0.496 e. The molecular weight excluding hydrogens is 388 g/mol. The molecule has 6 heteroatoms. The summed E-state index contributed by atoms with van der Waals surface area (Å²) >= 11 is 0. The fourth-order valence-electron chi connectivity index (χ4n) is 3.91. The molecule has 1 atom stereocenters. The van der Waals surface area contributed by atoms with Crippen molar-refractivity contribution in [2.75, 3.05) is 12.4 Å². The fraction of sp³-hybridized carbons (Fsp3) is 0.120. The topological polar surface area (TPSA) is 68.2 Å². The van der Waals surface area contributed by atoms with E-state index in [-0.39, 0.29) is 5.91 Å². The average Bonchev–Trinajstić information content (AvgIpc) is 3.23. The third-order valence-electron chi connectivity index (χ3n) is 5.40. The van der Waals surface area contributed by atoms with Crippen molar-refractivity contribution >= 4 is 11.6 Å². The second kappa shape index (κ2) is 7.99. The highest BCUT2D eigenvalue weighted by atomic mass is 16.5. The van der Waals surface area contributed by atoms with Crippen LogP contribution in [0.25, 0.3) is 11.3 Å². The Balaban J connectivity index is 1.59. The van der Waals surface area contributed by atoms with Gasteiger partial charge in [-0.3, -0.25) is 9.48 Å². The van der Waals surface area contributed by atoms with E-state index in [1.807, 2.05) is 77.6 Å². The molecule has 4 aromatic rings. The van der Waals surface area contributed by atoms with Gasteiger partial charge in [0.15, 0.2) is 0 Å². The van der Waals surface area contributed by atoms with Crippen molar-refractivity contribution in [2.24, 2.45) is 0 Å². The van der Waals surface area contributed by atoms with Crippen molar-refractivity contribution < 1.29 is 9.53 Å². The second-order valence-electron chi connectivity index (χ2n) is 7.41. The maximum Gasteiger partial charge on any atom is 0.255 e. The molecule has 154 valence electrons. The lowest BCUT2D eigenvalue weighted by Gasteiger charge is -2.28. The normalized spacial score (nSPS) is 15.0. The second-order valence-corrected chi connectivity index (χ2v) is 7.41. The number of benzene rings is 3. The van der Waals surface area contributed by atoms with Crippen LogP contribution >= 0.6 is 0 Å². The molecule has 1 aromatic heterocycles. The Morgan fingerprint density at radius 3 is 2.42 bits per heavy atom. The van der Waals surface area contributed by atoms with Crippen LogP contribution in [0, 0.1) is 0 Å². The van der Waals surface area contributed by atoms with Gasteiger partial charge in [-0.25, -0.2) is 0 Å². The molecule has 1 aliphatic rings. The van der Waals surface area contributed by atoms with Gasteiger partial charge in [0, 0.05) is 23.0 Å². The predicted molar refractivity (Wildman–Crippen MR) is 120 cm³/mol. The van der Waals surface area contributed by atoms with Gasteiger partial charge >= 0.3 is 0 Å². The molecule has 1 amide bonds. The van der Waals surface area contributed by atoms with Crippen LogP contribution in [0.15, 0.2) is 85.1 Å². The van der Waals surface area contributed by atoms with E-state index in [2.05, 4.69) is 22.8 Å². The summed E-state index contributed by atoms with van der Waals surface area (Å²) in [4.78, 5) is 12.7. The first kappa shape index (κ1) is 18.9. The van der Waals surface area contributed by atoms with E-state index in [0.717, 1.165) is 33.8 Å². The molecule has 0 aliphatic carbocycles. The zero-order chi connectivity index (χ0) is 21.2. The summed E-state index contributed by atoms with van der Waals surface area (Å²) in [6.45, 7) is 0.625. The predicted octanol–water partition coefficient (Wildman–Crippen LogP) is 4.46. The average molecular weight is 410 g/mol. The lowest BCUT2D eigenvalue weighted by molar-refractivity contribution is 0.0936. The quantitative estimate of drug-likeness (QED) is 0.510. The maximum atomic E-state index is 12.7. The van der Waals surface area contributed by atoms with Gasteiger partial charge in [0.2, 0.25) is 0 Å². The molecule has 1 unspecified atom stereocenters. The van der Waals surface area contributed by atoms with Crippen molar-refractivity contribution in [3.05, 3.63) is 102 Å². The van der Waals surface area contributed by atoms with Crippen molar-refractivity contribution in [1.29, 1.82) is 0 Å². The number of nitrogens with one attached hydrogen (secondary N) is 2. The van der Waals surface area contributed by atoms with Gasteiger partial charge in [0.05, 0.1) is 19.2 Å². The van der Waals surface area contributed by atoms with Crippen molar-refractivity contribution in [3.63, 3.8) is 0 Å². The summed E-state index contributed by atoms with van der Waals surface area (Å²) in [5.74, 6) is 0.623. The standard InChI is InChI=1S/C25H22N4O2/c1-31-22-14-8-6-12-19(22)23-20(16-29(28-23)15-17-9-3-2-4-10-17)24-26-21-13-7-5-11-18(21)25(30)27-24/h2-14,16,24,26H,15H2,1H3,(H,27,30). The Hall–Kier alpha value is -4.06. The summed E-state index contributed by atoms with van der Waals surface area (Å²) in [7, 11) is 1.65. The molecule has 2 N–H and O–H groups in total. The van der Waals surface area contributed by atoms with E-state index >= 15 is 0 Å². The SMILES string of the molecule is COc1ccccc1-c1nn(Cc2ccccc2)cc1C1NC(=O)c2ccccc2N1. The number of hydrogen-bond acceptors (Lipinski definition) is 4. The van der Waals surface area contributed by atoms with Gasteiger partial charge in [-0.15, -0.1) is 0 Å². The minimum atomic E-state index is -0.410. The van der Waals surface area contributed by atoms with Gasteiger partial charge in [-0.2, -0.15) is 5.10 Å². The number of methoxy groups -OCH3 is 1. The third-order valence-corrected chi connectivity index (χ3v) is 5.40. The maximum absolute atomic E-state index is 12.7.